The number of nitrogens with one attached hydrogen (secondary N) is 2. The summed E-state index contributed by atoms with van der Waals surface area (Å²) in [6, 6.07) is 4.96. The van der Waals surface area contributed by atoms with Crippen molar-refractivity contribution in [1.29, 1.82) is 0 Å². The van der Waals surface area contributed by atoms with Crippen molar-refractivity contribution in [2.75, 3.05) is 6.61 Å². The predicted octanol–water partition coefficient (Wildman–Crippen LogP) is 1.82. The van der Waals surface area contributed by atoms with Crippen LogP contribution in [0.25, 0.3) is 0 Å². The molecule has 1 aliphatic carbocycles. The number of carbonyl (C=O) groups is 3. The second kappa shape index (κ2) is 10.7. The lowest BCUT2D eigenvalue weighted by molar-refractivity contribution is -0.144. The van der Waals surface area contributed by atoms with Gasteiger partial charge in [0.25, 0.3) is 5.91 Å². The van der Waals surface area contributed by atoms with E-state index in [0.717, 1.165) is 19.3 Å². The van der Waals surface area contributed by atoms with Crippen LogP contribution < -0.4 is 10.6 Å². The number of carboxylic acid groups (broad SMARTS) is 1. The maximum atomic E-state index is 12.8. The van der Waals surface area contributed by atoms with E-state index < -0.39 is 24.5 Å². The molecule has 1 aliphatic rings. The van der Waals surface area contributed by atoms with Crippen LogP contribution in [-0.4, -0.2) is 52.8 Å². The van der Waals surface area contributed by atoms with Gasteiger partial charge in [-0.1, -0.05) is 25.8 Å². The molecule has 0 unspecified atom stereocenters. The van der Waals surface area contributed by atoms with Crippen molar-refractivity contribution in [3.05, 3.63) is 29.8 Å². The van der Waals surface area contributed by atoms with E-state index in [9.17, 15) is 19.5 Å². The average molecular weight is 392 g/mol. The van der Waals surface area contributed by atoms with Crippen molar-refractivity contribution >= 4 is 17.8 Å². The Labute approximate surface area is 164 Å². The molecule has 2 amide bonds. The number of phenols is 1. The maximum absolute atomic E-state index is 12.8. The number of carbonyl (C=O) groups excluding carboxylic acids is 2. The molecule has 2 rings (SSSR count). The largest absolute Gasteiger partial charge is 0.508 e. The summed E-state index contributed by atoms with van der Waals surface area (Å²) in [5.74, 6) is -1.81. The van der Waals surface area contributed by atoms with E-state index in [4.69, 9.17) is 9.84 Å². The van der Waals surface area contributed by atoms with Gasteiger partial charge in [0.1, 0.15) is 18.4 Å². The number of hydrogen-bond acceptors (Lipinski definition) is 5. The fourth-order valence-electron chi connectivity index (χ4n) is 3.32. The van der Waals surface area contributed by atoms with E-state index >= 15 is 0 Å². The summed E-state index contributed by atoms with van der Waals surface area (Å²) in [6.45, 7) is 1.60. The molecule has 0 saturated heterocycles. The zero-order valence-corrected chi connectivity index (χ0v) is 16.0. The van der Waals surface area contributed by atoms with E-state index in [1.54, 1.807) is 12.1 Å². The molecule has 1 fully saturated rings. The van der Waals surface area contributed by atoms with Gasteiger partial charge in [-0.05, 0) is 43.9 Å². The molecule has 1 aromatic carbocycles. The second-order valence-corrected chi connectivity index (χ2v) is 7.01. The average Bonchev–Trinajstić information content (AvgIpc) is 3.10. The number of carboxylic acids is 1. The highest BCUT2D eigenvalue weighted by Crippen LogP contribution is 2.22. The van der Waals surface area contributed by atoms with Crippen LogP contribution >= 0.6 is 0 Å². The summed E-state index contributed by atoms with van der Waals surface area (Å²) in [6.07, 6.45) is 4.02. The molecule has 4 N–H and O–H groups in total. The van der Waals surface area contributed by atoms with Crippen molar-refractivity contribution in [3.8, 4) is 5.75 Å². The molecule has 8 heteroatoms. The first-order valence-corrected chi connectivity index (χ1v) is 9.64. The summed E-state index contributed by atoms with van der Waals surface area (Å²) in [7, 11) is 0. The fourth-order valence-corrected chi connectivity index (χ4v) is 3.32. The zero-order chi connectivity index (χ0) is 20.5. The number of rotatable bonds is 10. The monoisotopic (exact) mass is 392 g/mol. The first kappa shape index (κ1) is 21.7. The predicted molar refractivity (Wildman–Crippen MR) is 102 cm³/mol. The van der Waals surface area contributed by atoms with Crippen LogP contribution in [0.5, 0.6) is 5.75 Å². The summed E-state index contributed by atoms with van der Waals surface area (Å²) in [5, 5.41) is 24.0. The van der Waals surface area contributed by atoms with Crippen LogP contribution in [0.1, 0.15) is 55.8 Å². The lowest BCUT2D eigenvalue weighted by Gasteiger charge is -2.24. The molecule has 3 atom stereocenters. The molecule has 0 radical (unpaired) electrons. The number of benzene rings is 1. The summed E-state index contributed by atoms with van der Waals surface area (Å²) in [4.78, 5) is 36.0. The van der Waals surface area contributed by atoms with E-state index in [1.807, 2.05) is 6.92 Å². The first-order chi connectivity index (χ1) is 13.4. The molecule has 0 heterocycles. The lowest BCUT2D eigenvalue weighted by Crippen LogP contribution is -2.51. The molecular formula is C20H28N2O6. The maximum Gasteiger partial charge on any atom is 0.329 e. The molecule has 154 valence electrons. The van der Waals surface area contributed by atoms with Gasteiger partial charge in [0.15, 0.2) is 0 Å². The molecule has 1 aromatic rings. The smallest absolute Gasteiger partial charge is 0.329 e. The van der Waals surface area contributed by atoms with Crippen LogP contribution in [-0.2, 0) is 14.3 Å². The highest BCUT2D eigenvalue weighted by Gasteiger charge is 2.32. The minimum absolute atomic E-state index is 0.0217. The minimum atomic E-state index is -1.05. The van der Waals surface area contributed by atoms with Crippen LogP contribution in [0.15, 0.2) is 24.3 Å². The molecule has 0 aromatic heterocycles. The molecule has 8 nitrogen and oxygen atoms in total. The van der Waals surface area contributed by atoms with Crippen molar-refractivity contribution < 1.29 is 29.3 Å². The Bertz CT molecular complexity index is 693. The number of aliphatic carboxylic acids is 1. The van der Waals surface area contributed by atoms with Crippen molar-refractivity contribution in [2.24, 2.45) is 0 Å². The molecule has 0 bridgehead atoms. The highest BCUT2D eigenvalue weighted by atomic mass is 16.5. The van der Waals surface area contributed by atoms with Gasteiger partial charge in [-0.2, -0.15) is 0 Å². The SMILES string of the molecule is CCCC[C@H](NC(=O)c1cccc(O)c1)C(=O)N[C@H]1CCC[C@@H]1OCC(=O)O. The minimum Gasteiger partial charge on any atom is -0.508 e. The Hall–Kier alpha value is -2.61. The van der Waals surface area contributed by atoms with E-state index in [1.165, 1.54) is 12.1 Å². The van der Waals surface area contributed by atoms with Gasteiger partial charge in [-0.15, -0.1) is 0 Å². The Balaban J connectivity index is 1.99. The summed E-state index contributed by atoms with van der Waals surface area (Å²) < 4.78 is 5.37. The summed E-state index contributed by atoms with van der Waals surface area (Å²) in [5.41, 5.74) is 0.276. The number of amides is 2. The molecular weight excluding hydrogens is 364 g/mol. The first-order valence-electron chi connectivity index (χ1n) is 9.64. The van der Waals surface area contributed by atoms with Crippen LogP contribution in [0.2, 0.25) is 0 Å². The number of unbranched alkanes of at least 4 members (excludes halogenated alkanes) is 1. The third-order valence-electron chi connectivity index (χ3n) is 4.78. The normalized spacial score (nSPS) is 19.8. The van der Waals surface area contributed by atoms with E-state index in [0.29, 0.717) is 19.3 Å². The van der Waals surface area contributed by atoms with Gasteiger partial charge >= 0.3 is 5.97 Å². The van der Waals surface area contributed by atoms with Crippen LogP contribution in [0.4, 0.5) is 0 Å². The molecule has 1 saturated carbocycles. The number of aromatic hydroxyl groups is 1. The van der Waals surface area contributed by atoms with Gasteiger partial charge in [0, 0.05) is 5.56 Å². The number of hydrogen-bond donors (Lipinski definition) is 4. The Kier molecular flexibility index (Phi) is 8.25. The van der Waals surface area contributed by atoms with Gasteiger partial charge in [-0.25, -0.2) is 4.79 Å². The van der Waals surface area contributed by atoms with E-state index in [-0.39, 0.29) is 29.4 Å². The standard InChI is InChI=1S/C20H28N2O6/c1-2-3-8-16(22-19(26)13-6-4-7-14(23)11-13)20(27)21-15-9-5-10-17(15)28-12-18(24)25/h4,6-7,11,15-17,23H,2-3,5,8-10,12H2,1H3,(H,21,27)(H,22,26)(H,24,25)/t15-,16-,17-/m0/s1. The Morgan fingerprint density at radius 3 is 2.75 bits per heavy atom. The van der Waals surface area contributed by atoms with E-state index in [2.05, 4.69) is 10.6 Å². The number of ether oxygens (including phenoxy) is 1. The molecule has 28 heavy (non-hydrogen) atoms. The third kappa shape index (κ3) is 6.53. The van der Waals surface area contributed by atoms with Crippen LogP contribution in [0.3, 0.4) is 0 Å². The molecule has 0 spiro atoms. The van der Waals surface area contributed by atoms with Crippen molar-refractivity contribution in [3.63, 3.8) is 0 Å². The lowest BCUT2D eigenvalue weighted by atomic mass is 10.1. The zero-order valence-electron chi connectivity index (χ0n) is 16.0. The summed E-state index contributed by atoms with van der Waals surface area (Å²) >= 11 is 0. The quantitative estimate of drug-likeness (QED) is 0.481. The van der Waals surface area contributed by atoms with Gasteiger partial charge in [-0.3, -0.25) is 9.59 Å². The third-order valence-corrected chi connectivity index (χ3v) is 4.78. The Morgan fingerprint density at radius 1 is 1.29 bits per heavy atom. The Morgan fingerprint density at radius 2 is 2.07 bits per heavy atom. The topological polar surface area (TPSA) is 125 Å². The van der Waals surface area contributed by atoms with Gasteiger partial charge < -0.3 is 25.6 Å². The fraction of sp³-hybridized carbons (Fsp3) is 0.550. The van der Waals surface area contributed by atoms with Crippen molar-refractivity contribution in [1.82, 2.24) is 10.6 Å². The van der Waals surface area contributed by atoms with Crippen LogP contribution in [0, 0.1) is 0 Å². The second-order valence-electron chi connectivity index (χ2n) is 7.01. The van der Waals surface area contributed by atoms with Gasteiger partial charge in [0.05, 0.1) is 12.1 Å². The highest BCUT2D eigenvalue weighted by molar-refractivity contribution is 5.97. The van der Waals surface area contributed by atoms with Gasteiger partial charge in [0.2, 0.25) is 5.91 Å². The van der Waals surface area contributed by atoms with Crippen molar-refractivity contribution in [2.45, 2.75) is 63.6 Å². The number of phenolic OH excluding ortho intramolecular Hbond substituents is 1. The molecule has 0 aliphatic heterocycles.